The smallest absolute Gasteiger partial charge is 0.128 e. The Hall–Kier alpha value is -0.970. The molecule has 0 aromatic heterocycles. The Balaban J connectivity index is 3.04. The molecule has 0 radical (unpaired) electrons. The van der Waals surface area contributed by atoms with Crippen LogP contribution in [0.3, 0.4) is 0 Å². The number of benzene rings is 1. The van der Waals surface area contributed by atoms with Gasteiger partial charge >= 0.3 is 0 Å². The highest BCUT2D eigenvalue weighted by Crippen LogP contribution is 2.23. The summed E-state index contributed by atoms with van der Waals surface area (Å²) < 4.78 is 13.5. The minimum absolute atomic E-state index is 0.169. The van der Waals surface area contributed by atoms with Crippen molar-refractivity contribution < 1.29 is 9.50 Å². The zero-order valence-electron chi connectivity index (χ0n) is 9.02. The third-order valence-corrected chi connectivity index (χ3v) is 2.40. The van der Waals surface area contributed by atoms with E-state index in [1.165, 1.54) is 6.07 Å². The van der Waals surface area contributed by atoms with Crippen LogP contribution < -0.4 is 5.73 Å². The summed E-state index contributed by atoms with van der Waals surface area (Å²) in [7, 11) is 3.62. The summed E-state index contributed by atoms with van der Waals surface area (Å²) in [4.78, 5) is 1.80. The van der Waals surface area contributed by atoms with Crippen molar-refractivity contribution in [2.75, 3.05) is 20.7 Å². The van der Waals surface area contributed by atoms with Crippen LogP contribution in [0, 0.1) is 5.82 Å². The van der Waals surface area contributed by atoms with Crippen LogP contribution in [0.1, 0.15) is 11.6 Å². The van der Waals surface area contributed by atoms with Gasteiger partial charge in [0.15, 0.2) is 0 Å². The van der Waals surface area contributed by atoms with E-state index in [-0.39, 0.29) is 18.5 Å². The molecule has 0 heterocycles. The quantitative estimate of drug-likeness (QED) is 0.774. The lowest BCUT2D eigenvalue weighted by atomic mass is 9.99. The fraction of sp³-hybridized carbons (Fsp3) is 0.455. The molecule has 2 atom stereocenters. The molecule has 3 nitrogen and oxygen atoms in total. The molecule has 0 aliphatic heterocycles. The van der Waals surface area contributed by atoms with E-state index in [0.717, 1.165) is 0 Å². The van der Waals surface area contributed by atoms with Gasteiger partial charge in [-0.05, 0) is 20.2 Å². The first-order valence-corrected chi connectivity index (χ1v) is 4.85. The molecular formula is C11H17FN2O. The van der Waals surface area contributed by atoms with Crippen LogP contribution in [-0.4, -0.2) is 36.8 Å². The Morgan fingerprint density at radius 2 is 2.00 bits per heavy atom. The Morgan fingerprint density at radius 1 is 1.40 bits per heavy atom. The van der Waals surface area contributed by atoms with Crippen molar-refractivity contribution in [2.24, 2.45) is 5.73 Å². The van der Waals surface area contributed by atoms with Crippen LogP contribution in [0.15, 0.2) is 24.3 Å². The summed E-state index contributed by atoms with van der Waals surface area (Å²) in [5, 5.41) is 9.03. The summed E-state index contributed by atoms with van der Waals surface area (Å²) in [6, 6.07) is 5.69. The van der Waals surface area contributed by atoms with E-state index in [1.807, 2.05) is 14.1 Å². The van der Waals surface area contributed by atoms with Gasteiger partial charge in [0.05, 0.1) is 12.6 Å². The van der Waals surface area contributed by atoms with E-state index in [4.69, 9.17) is 10.8 Å². The molecule has 0 amide bonds. The predicted octanol–water partition coefficient (Wildman–Crippen LogP) is 0.748. The molecule has 0 aliphatic rings. The number of hydrogen-bond acceptors (Lipinski definition) is 3. The van der Waals surface area contributed by atoms with Crippen molar-refractivity contribution in [1.82, 2.24) is 4.90 Å². The van der Waals surface area contributed by atoms with E-state index in [9.17, 15) is 4.39 Å². The van der Waals surface area contributed by atoms with Crippen molar-refractivity contribution in [3.63, 3.8) is 0 Å². The molecule has 1 aromatic rings. The molecule has 0 aliphatic carbocycles. The second kappa shape index (κ2) is 5.21. The molecule has 1 rings (SSSR count). The van der Waals surface area contributed by atoms with E-state index < -0.39 is 6.04 Å². The average molecular weight is 212 g/mol. The second-order valence-corrected chi connectivity index (χ2v) is 3.78. The fourth-order valence-corrected chi connectivity index (χ4v) is 1.71. The fourth-order valence-electron chi connectivity index (χ4n) is 1.71. The number of likely N-dealkylation sites (N-methyl/N-ethyl adjacent to an activating group) is 1. The Morgan fingerprint density at radius 3 is 2.47 bits per heavy atom. The number of nitrogens with two attached hydrogens (primary N) is 1. The first-order valence-electron chi connectivity index (χ1n) is 4.85. The summed E-state index contributed by atoms with van der Waals surface area (Å²) in [6.07, 6.45) is 0. The molecule has 4 heteroatoms. The number of nitrogens with zero attached hydrogens (tertiary/aromatic N) is 1. The van der Waals surface area contributed by atoms with Gasteiger partial charge < -0.3 is 15.7 Å². The minimum Gasteiger partial charge on any atom is -0.395 e. The average Bonchev–Trinajstić information content (AvgIpc) is 2.20. The van der Waals surface area contributed by atoms with E-state index in [2.05, 4.69) is 0 Å². The van der Waals surface area contributed by atoms with Gasteiger partial charge in [0.25, 0.3) is 0 Å². The number of aliphatic hydroxyl groups excluding tert-OH is 1. The molecule has 15 heavy (non-hydrogen) atoms. The van der Waals surface area contributed by atoms with Crippen molar-refractivity contribution in [2.45, 2.75) is 12.1 Å². The second-order valence-electron chi connectivity index (χ2n) is 3.78. The van der Waals surface area contributed by atoms with Crippen LogP contribution in [0.2, 0.25) is 0 Å². The lowest BCUT2D eigenvalue weighted by Crippen LogP contribution is -2.40. The Bertz CT molecular complexity index is 317. The van der Waals surface area contributed by atoms with Crippen LogP contribution in [0.25, 0.3) is 0 Å². The Labute approximate surface area is 89.3 Å². The first-order chi connectivity index (χ1) is 7.07. The van der Waals surface area contributed by atoms with Crippen LogP contribution >= 0.6 is 0 Å². The van der Waals surface area contributed by atoms with Crippen molar-refractivity contribution in [1.29, 1.82) is 0 Å². The standard InChI is InChI=1S/C11H17FN2O/c1-14(2)11(10(13)7-15)8-5-3-4-6-9(8)12/h3-6,10-11,15H,7,13H2,1-2H3. The van der Waals surface area contributed by atoms with Gasteiger partial charge in [-0.2, -0.15) is 0 Å². The molecule has 0 bridgehead atoms. The molecule has 3 N–H and O–H groups in total. The maximum absolute atomic E-state index is 13.5. The van der Waals surface area contributed by atoms with E-state index in [1.54, 1.807) is 23.1 Å². The van der Waals surface area contributed by atoms with E-state index in [0.29, 0.717) is 5.56 Å². The molecule has 0 fully saturated rings. The van der Waals surface area contributed by atoms with Crippen LogP contribution in [0.4, 0.5) is 4.39 Å². The van der Waals surface area contributed by atoms with Crippen molar-refractivity contribution >= 4 is 0 Å². The molecular weight excluding hydrogens is 195 g/mol. The maximum atomic E-state index is 13.5. The van der Waals surface area contributed by atoms with Gasteiger partial charge in [0.1, 0.15) is 5.82 Å². The molecule has 0 saturated carbocycles. The third-order valence-electron chi connectivity index (χ3n) is 2.40. The number of halogens is 1. The highest BCUT2D eigenvalue weighted by molar-refractivity contribution is 5.22. The van der Waals surface area contributed by atoms with Crippen LogP contribution in [0.5, 0.6) is 0 Å². The van der Waals surface area contributed by atoms with Gasteiger partial charge in [0, 0.05) is 11.6 Å². The number of rotatable bonds is 4. The van der Waals surface area contributed by atoms with Gasteiger partial charge in [-0.3, -0.25) is 0 Å². The number of aliphatic hydroxyl groups is 1. The Kier molecular flexibility index (Phi) is 4.20. The zero-order chi connectivity index (χ0) is 11.4. The molecule has 0 spiro atoms. The monoisotopic (exact) mass is 212 g/mol. The minimum atomic E-state index is -0.489. The highest BCUT2D eigenvalue weighted by atomic mass is 19.1. The predicted molar refractivity (Wildman–Crippen MR) is 57.9 cm³/mol. The van der Waals surface area contributed by atoms with Crippen LogP contribution in [-0.2, 0) is 0 Å². The molecule has 84 valence electrons. The van der Waals surface area contributed by atoms with Gasteiger partial charge in [-0.25, -0.2) is 4.39 Å². The number of hydrogen-bond donors (Lipinski definition) is 2. The van der Waals surface area contributed by atoms with Gasteiger partial charge in [0.2, 0.25) is 0 Å². The SMILES string of the molecule is CN(C)C(c1ccccc1F)C(N)CO. The van der Waals surface area contributed by atoms with Gasteiger partial charge in [-0.1, -0.05) is 18.2 Å². The topological polar surface area (TPSA) is 49.5 Å². The van der Waals surface area contributed by atoms with E-state index >= 15 is 0 Å². The summed E-state index contributed by atoms with van der Waals surface area (Å²) in [5.41, 5.74) is 6.28. The molecule has 0 saturated heterocycles. The highest BCUT2D eigenvalue weighted by Gasteiger charge is 2.23. The first kappa shape index (κ1) is 12.1. The largest absolute Gasteiger partial charge is 0.395 e. The normalized spacial score (nSPS) is 15.3. The molecule has 2 unspecified atom stereocenters. The summed E-state index contributed by atoms with van der Waals surface area (Å²) >= 11 is 0. The summed E-state index contributed by atoms with van der Waals surface area (Å²) in [6.45, 7) is -0.169. The third kappa shape index (κ3) is 2.75. The lowest BCUT2D eigenvalue weighted by Gasteiger charge is -2.29. The maximum Gasteiger partial charge on any atom is 0.128 e. The van der Waals surface area contributed by atoms with Gasteiger partial charge in [-0.15, -0.1) is 0 Å². The summed E-state index contributed by atoms with van der Waals surface area (Å²) in [5.74, 6) is -0.292. The lowest BCUT2D eigenvalue weighted by molar-refractivity contribution is 0.178. The molecule has 1 aromatic carbocycles. The zero-order valence-corrected chi connectivity index (χ0v) is 9.02. The van der Waals surface area contributed by atoms with Crippen molar-refractivity contribution in [3.8, 4) is 0 Å². The van der Waals surface area contributed by atoms with Crippen molar-refractivity contribution in [3.05, 3.63) is 35.6 Å².